The van der Waals surface area contributed by atoms with Crippen molar-refractivity contribution in [2.45, 2.75) is 38.6 Å². The first-order chi connectivity index (χ1) is 11.4. The monoisotopic (exact) mass is 332 g/mol. The van der Waals surface area contributed by atoms with Gasteiger partial charge >= 0.3 is 5.97 Å². The molecule has 6 nitrogen and oxygen atoms in total. The van der Waals surface area contributed by atoms with E-state index in [-0.39, 0.29) is 23.4 Å². The van der Waals surface area contributed by atoms with Crippen molar-refractivity contribution in [3.05, 3.63) is 35.4 Å². The summed E-state index contributed by atoms with van der Waals surface area (Å²) in [5.41, 5.74) is 1.21. The van der Waals surface area contributed by atoms with Crippen molar-refractivity contribution in [1.82, 2.24) is 9.80 Å². The summed E-state index contributed by atoms with van der Waals surface area (Å²) in [4.78, 5) is 38.1. The maximum atomic E-state index is 12.3. The third kappa shape index (κ3) is 4.57. The Morgan fingerprint density at radius 3 is 2.25 bits per heavy atom. The van der Waals surface area contributed by atoms with Gasteiger partial charge < -0.3 is 14.9 Å². The summed E-state index contributed by atoms with van der Waals surface area (Å²) >= 11 is 0. The molecular weight excluding hydrogens is 308 g/mol. The van der Waals surface area contributed by atoms with Crippen LogP contribution in [0.4, 0.5) is 0 Å². The smallest absolute Gasteiger partial charge is 0.335 e. The summed E-state index contributed by atoms with van der Waals surface area (Å²) in [6.07, 6.45) is 2.65. The lowest BCUT2D eigenvalue weighted by molar-refractivity contribution is -0.134. The second-order valence-corrected chi connectivity index (χ2v) is 6.24. The molecule has 1 aromatic rings. The fraction of sp³-hybridized carbons (Fsp3) is 0.500. The molecule has 1 fully saturated rings. The van der Waals surface area contributed by atoms with Crippen LogP contribution in [0.1, 0.15) is 42.1 Å². The van der Waals surface area contributed by atoms with Crippen molar-refractivity contribution in [1.29, 1.82) is 0 Å². The number of hydrogen-bond donors (Lipinski definition) is 1. The van der Waals surface area contributed by atoms with Gasteiger partial charge in [-0.3, -0.25) is 9.59 Å². The highest BCUT2D eigenvalue weighted by Gasteiger charge is 2.25. The van der Waals surface area contributed by atoms with E-state index in [0.717, 1.165) is 18.4 Å². The molecule has 0 aromatic heterocycles. The molecule has 0 spiro atoms. The Hall–Kier alpha value is -2.37. The van der Waals surface area contributed by atoms with Gasteiger partial charge in [0.25, 0.3) is 0 Å². The van der Waals surface area contributed by atoms with Crippen LogP contribution in [0.15, 0.2) is 24.3 Å². The lowest BCUT2D eigenvalue weighted by atomic mass is 10.0. The van der Waals surface area contributed by atoms with Crippen LogP contribution in [0.5, 0.6) is 0 Å². The molecule has 1 saturated heterocycles. The molecule has 1 N–H and O–H groups in total. The minimum Gasteiger partial charge on any atom is -0.478 e. The quantitative estimate of drug-likeness (QED) is 0.892. The molecule has 1 aromatic carbocycles. The minimum atomic E-state index is -0.948. The molecule has 0 aliphatic carbocycles. The third-order valence-corrected chi connectivity index (χ3v) is 4.69. The second kappa shape index (κ2) is 7.95. The van der Waals surface area contributed by atoms with Gasteiger partial charge in [-0.2, -0.15) is 0 Å². The average Bonchev–Trinajstić information content (AvgIpc) is 2.59. The summed E-state index contributed by atoms with van der Waals surface area (Å²) < 4.78 is 0. The van der Waals surface area contributed by atoms with Crippen molar-refractivity contribution >= 4 is 17.8 Å². The van der Waals surface area contributed by atoms with Crippen LogP contribution in [-0.4, -0.2) is 58.9 Å². The summed E-state index contributed by atoms with van der Waals surface area (Å²) in [7, 11) is 1.81. The zero-order valence-corrected chi connectivity index (χ0v) is 14.2. The number of carbonyl (C=O) groups excluding carboxylic acids is 2. The van der Waals surface area contributed by atoms with E-state index in [2.05, 4.69) is 0 Å². The van der Waals surface area contributed by atoms with Crippen molar-refractivity contribution in [3.63, 3.8) is 0 Å². The predicted molar refractivity (Wildman–Crippen MR) is 89.8 cm³/mol. The summed E-state index contributed by atoms with van der Waals surface area (Å²) in [5, 5.41) is 8.87. The molecule has 2 amide bonds. The van der Waals surface area contributed by atoms with E-state index in [1.54, 1.807) is 36.1 Å². The Labute approximate surface area is 142 Å². The Morgan fingerprint density at radius 1 is 1.17 bits per heavy atom. The van der Waals surface area contributed by atoms with Gasteiger partial charge in [-0.15, -0.1) is 0 Å². The highest BCUT2D eigenvalue weighted by Crippen LogP contribution is 2.17. The largest absolute Gasteiger partial charge is 0.478 e. The minimum absolute atomic E-state index is 0.0598. The summed E-state index contributed by atoms with van der Waals surface area (Å²) in [5.74, 6) is -0.776. The summed E-state index contributed by atoms with van der Waals surface area (Å²) in [6, 6.07) is 6.85. The zero-order valence-electron chi connectivity index (χ0n) is 14.2. The Balaban J connectivity index is 1.79. The van der Waals surface area contributed by atoms with Crippen LogP contribution in [0, 0.1) is 0 Å². The van der Waals surface area contributed by atoms with Crippen molar-refractivity contribution in [2.75, 3.05) is 20.1 Å². The number of amides is 2. The first-order valence-electron chi connectivity index (χ1n) is 8.22. The van der Waals surface area contributed by atoms with Crippen molar-refractivity contribution in [2.24, 2.45) is 0 Å². The number of nitrogens with zero attached hydrogens (tertiary/aromatic N) is 2. The average molecular weight is 332 g/mol. The lowest BCUT2D eigenvalue weighted by Crippen LogP contribution is -2.46. The molecule has 0 unspecified atom stereocenters. The number of rotatable bonds is 5. The van der Waals surface area contributed by atoms with E-state index in [4.69, 9.17) is 5.11 Å². The molecular formula is C18H24N2O4. The van der Waals surface area contributed by atoms with E-state index in [1.807, 2.05) is 11.9 Å². The zero-order chi connectivity index (χ0) is 17.7. The molecule has 0 atom stereocenters. The van der Waals surface area contributed by atoms with Crippen molar-refractivity contribution in [3.8, 4) is 0 Å². The Kier molecular flexibility index (Phi) is 5.95. The molecule has 0 saturated carbocycles. The van der Waals surface area contributed by atoms with Gasteiger partial charge in [0.05, 0.1) is 5.56 Å². The topological polar surface area (TPSA) is 77.9 Å². The number of hydrogen-bond acceptors (Lipinski definition) is 3. The second-order valence-electron chi connectivity index (χ2n) is 6.24. The van der Waals surface area contributed by atoms with Crippen LogP contribution < -0.4 is 0 Å². The van der Waals surface area contributed by atoms with Crippen LogP contribution in [0.2, 0.25) is 0 Å². The maximum Gasteiger partial charge on any atom is 0.335 e. The van der Waals surface area contributed by atoms with Crippen LogP contribution >= 0.6 is 0 Å². The van der Waals surface area contributed by atoms with Gasteiger partial charge in [-0.25, -0.2) is 4.79 Å². The van der Waals surface area contributed by atoms with E-state index < -0.39 is 5.97 Å². The van der Waals surface area contributed by atoms with Crippen LogP contribution in [0.3, 0.4) is 0 Å². The number of likely N-dealkylation sites (tertiary alicyclic amines) is 1. The molecule has 6 heteroatoms. The van der Waals surface area contributed by atoms with Gasteiger partial charge in [0, 0.05) is 39.5 Å². The molecule has 0 bridgehead atoms. The lowest BCUT2D eigenvalue weighted by Gasteiger charge is -2.36. The molecule has 130 valence electrons. The number of aromatic carboxylic acids is 1. The number of piperidine rings is 1. The normalized spacial score (nSPS) is 15.2. The first-order valence-corrected chi connectivity index (χ1v) is 8.22. The van der Waals surface area contributed by atoms with Gasteiger partial charge in [-0.1, -0.05) is 12.1 Å². The fourth-order valence-corrected chi connectivity index (χ4v) is 2.98. The predicted octanol–water partition coefficient (Wildman–Crippen LogP) is 1.79. The summed E-state index contributed by atoms with van der Waals surface area (Å²) in [6.45, 7) is 2.92. The number of benzene rings is 1. The first kappa shape index (κ1) is 18.0. The molecule has 1 heterocycles. The fourth-order valence-electron chi connectivity index (χ4n) is 2.98. The van der Waals surface area contributed by atoms with E-state index in [0.29, 0.717) is 25.9 Å². The Morgan fingerprint density at radius 2 is 1.75 bits per heavy atom. The third-order valence-electron chi connectivity index (χ3n) is 4.69. The van der Waals surface area contributed by atoms with Crippen molar-refractivity contribution < 1.29 is 19.5 Å². The van der Waals surface area contributed by atoms with E-state index in [1.165, 1.54) is 0 Å². The molecule has 24 heavy (non-hydrogen) atoms. The van der Waals surface area contributed by atoms with E-state index in [9.17, 15) is 14.4 Å². The standard InChI is InChI=1S/C18H24N2O4/c1-13(21)19(2)16-9-11-20(12-10-16)17(22)8-5-14-3-6-15(7-4-14)18(23)24/h3-4,6-7,16H,5,8-12H2,1-2H3,(H,23,24). The number of carbonyl (C=O) groups is 3. The van der Waals surface area contributed by atoms with Crippen LogP contribution in [0.25, 0.3) is 0 Å². The van der Waals surface area contributed by atoms with Crippen LogP contribution in [-0.2, 0) is 16.0 Å². The highest BCUT2D eigenvalue weighted by atomic mass is 16.4. The molecule has 2 rings (SSSR count). The number of carboxylic acid groups (broad SMARTS) is 1. The number of carboxylic acids is 1. The molecule has 0 radical (unpaired) electrons. The van der Waals surface area contributed by atoms with Gasteiger partial charge in [0.1, 0.15) is 0 Å². The van der Waals surface area contributed by atoms with Gasteiger partial charge in [0.2, 0.25) is 11.8 Å². The van der Waals surface area contributed by atoms with Gasteiger partial charge in [0.15, 0.2) is 0 Å². The SMILES string of the molecule is CC(=O)N(C)C1CCN(C(=O)CCc2ccc(C(=O)O)cc2)CC1. The molecule has 1 aliphatic heterocycles. The Bertz CT molecular complexity index is 604. The van der Waals surface area contributed by atoms with E-state index >= 15 is 0 Å². The van der Waals surface area contributed by atoms with Gasteiger partial charge in [-0.05, 0) is 37.0 Å². The molecule has 1 aliphatic rings. The maximum absolute atomic E-state index is 12.3. The number of aryl methyl sites for hydroxylation is 1. The highest BCUT2D eigenvalue weighted by molar-refractivity contribution is 5.87.